The number of aliphatic imine (C=N–C) groups is 1. The molecule has 0 aliphatic carbocycles. The third kappa shape index (κ3) is 4.54. The van der Waals surface area contributed by atoms with Gasteiger partial charge in [0.1, 0.15) is 12.1 Å². The Bertz CT molecular complexity index is 1120. The lowest BCUT2D eigenvalue weighted by atomic mass is 10.2. The van der Waals surface area contributed by atoms with Gasteiger partial charge in [-0.05, 0) is 29.8 Å². The quantitative estimate of drug-likeness (QED) is 0.380. The zero-order valence-corrected chi connectivity index (χ0v) is 16.4. The van der Waals surface area contributed by atoms with Gasteiger partial charge >= 0.3 is 0 Å². The van der Waals surface area contributed by atoms with Gasteiger partial charge in [-0.25, -0.2) is 14.4 Å². The molecule has 0 amide bonds. The van der Waals surface area contributed by atoms with Crippen LogP contribution in [0, 0.1) is 5.82 Å². The predicted octanol–water partition coefficient (Wildman–Crippen LogP) is 3.53. The summed E-state index contributed by atoms with van der Waals surface area (Å²) in [5, 5.41) is 6.35. The van der Waals surface area contributed by atoms with Crippen LogP contribution >= 0.6 is 0 Å². The lowest BCUT2D eigenvalue weighted by Gasteiger charge is -2.12. The number of halogens is 1. The number of nitrogens with zero attached hydrogens (tertiary/aromatic N) is 4. The molecule has 0 saturated carbocycles. The van der Waals surface area contributed by atoms with Gasteiger partial charge in [-0.1, -0.05) is 24.3 Å². The number of hydrogen-bond acceptors (Lipinski definition) is 4. The predicted molar refractivity (Wildman–Crippen MR) is 112 cm³/mol. The van der Waals surface area contributed by atoms with E-state index in [1.165, 1.54) is 6.07 Å². The first-order valence-electron chi connectivity index (χ1n) is 9.44. The maximum absolute atomic E-state index is 14.4. The van der Waals surface area contributed by atoms with Crippen molar-refractivity contribution in [2.45, 2.75) is 13.1 Å². The summed E-state index contributed by atoms with van der Waals surface area (Å²) < 4.78 is 21.6. The van der Waals surface area contributed by atoms with Crippen LogP contribution in [0.3, 0.4) is 0 Å². The molecule has 2 N–H and O–H groups in total. The number of oxazole rings is 1. The summed E-state index contributed by atoms with van der Waals surface area (Å²) in [6.45, 7) is 0.874. The fourth-order valence-corrected chi connectivity index (χ4v) is 2.95. The summed E-state index contributed by atoms with van der Waals surface area (Å²) >= 11 is 0. The Morgan fingerprint density at radius 2 is 1.97 bits per heavy atom. The van der Waals surface area contributed by atoms with Crippen LogP contribution in [-0.2, 0) is 13.1 Å². The molecule has 4 aromatic rings. The number of benzene rings is 2. The van der Waals surface area contributed by atoms with E-state index in [-0.39, 0.29) is 5.82 Å². The Kier molecular flexibility index (Phi) is 5.84. The minimum Gasteiger partial charge on any atom is -0.444 e. The molecule has 2 aromatic carbocycles. The van der Waals surface area contributed by atoms with E-state index in [0.717, 1.165) is 16.8 Å². The molecule has 0 bridgehead atoms. The largest absolute Gasteiger partial charge is 0.444 e. The molecule has 2 heterocycles. The topological polar surface area (TPSA) is 80.3 Å². The van der Waals surface area contributed by atoms with Crippen molar-refractivity contribution in [3.8, 4) is 17.1 Å². The third-order valence-corrected chi connectivity index (χ3v) is 4.49. The Hall–Kier alpha value is -3.94. The van der Waals surface area contributed by atoms with Crippen molar-refractivity contribution in [1.29, 1.82) is 0 Å². The highest BCUT2D eigenvalue weighted by atomic mass is 19.1. The monoisotopic (exact) mass is 404 g/mol. The highest BCUT2D eigenvalue weighted by molar-refractivity contribution is 5.79. The molecule has 152 valence electrons. The van der Waals surface area contributed by atoms with Crippen LogP contribution < -0.4 is 10.6 Å². The Morgan fingerprint density at radius 1 is 1.13 bits per heavy atom. The minimum atomic E-state index is -0.314. The molecular weight excluding hydrogens is 383 g/mol. The van der Waals surface area contributed by atoms with Crippen LogP contribution in [-0.4, -0.2) is 27.5 Å². The number of nitrogens with one attached hydrogen (secondary N) is 2. The number of aromatic nitrogens is 3. The molecule has 4 rings (SSSR count). The highest BCUT2D eigenvalue weighted by Gasteiger charge is 2.08. The van der Waals surface area contributed by atoms with Crippen molar-refractivity contribution in [1.82, 2.24) is 25.2 Å². The first-order valence-corrected chi connectivity index (χ1v) is 9.44. The summed E-state index contributed by atoms with van der Waals surface area (Å²) in [7, 11) is 1.68. The molecule has 0 radical (unpaired) electrons. The van der Waals surface area contributed by atoms with Crippen LogP contribution in [0.15, 0.2) is 82.9 Å². The van der Waals surface area contributed by atoms with Crippen LogP contribution in [0.1, 0.15) is 11.3 Å². The van der Waals surface area contributed by atoms with E-state index in [4.69, 9.17) is 4.42 Å². The van der Waals surface area contributed by atoms with E-state index >= 15 is 0 Å². The molecule has 0 aliphatic rings. The van der Waals surface area contributed by atoms with Gasteiger partial charge in [0.05, 0.1) is 24.3 Å². The van der Waals surface area contributed by atoms with Crippen LogP contribution in [0.25, 0.3) is 17.1 Å². The molecule has 0 aliphatic heterocycles. The standard InChI is InChI=1S/C22H21FN6O/c1-24-22(27-13-18-14-30-21(28-18)17-5-3-2-4-6-17)26-12-16-7-8-20(19(23)11-16)29-10-9-25-15-29/h2-11,14-15H,12-13H2,1H3,(H2,24,26,27). The normalized spacial score (nSPS) is 11.5. The Labute approximate surface area is 173 Å². The van der Waals surface area contributed by atoms with Crippen LogP contribution in [0.4, 0.5) is 4.39 Å². The third-order valence-electron chi connectivity index (χ3n) is 4.49. The summed E-state index contributed by atoms with van der Waals surface area (Å²) in [4.78, 5) is 12.6. The fraction of sp³-hybridized carbons (Fsp3) is 0.136. The first-order chi connectivity index (χ1) is 14.7. The van der Waals surface area contributed by atoms with Gasteiger partial charge in [0, 0.05) is 31.5 Å². The SMILES string of the molecule is CN=C(NCc1ccc(-n2ccnc2)c(F)c1)NCc1coc(-c2ccccc2)n1. The van der Waals surface area contributed by atoms with Gasteiger partial charge in [-0.2, -0.15) is 0 Å². The second-order valence-electron chi connectivity index (χ2n) is 6.55. The summed E-state index contributed by atoms with van der Waals surface area (Å²) in [5.74, 6) is 0.841. The average Bonchev–Trinajstić information content (AvgIpc) is 3.47. The number of imidazole rings is 1. The van der Waals surface area contributed by atoms with Crippen molar-refractivity contribution in [2.75, 3.05) is 7.05 Å². The summed E-state index contributed by atoms with van der Waals surface area (Å²) in [6, 6.07) is 14.8. The maximum Gasteiger partial charge on any atom is 0.226 e. The Morgan fingerprint density at radius 3 is 2.70 bits per heavy atom. The number of hydrogen-bond donors (Lipinski definition) is 2. The zero-order valence-electron chi connectivity index (χ0n) is 16.4. The van der Waals surface area contributed by atoms with Crippen molar-refractivity contribution < 1.29 is 8.81 Å². The molecule has 2 aromatic heterocycles. The van der Waals surface area contributed by atoms with Gasteiger partial charge in [0.25, 0.3) is 0 Å². The second-order valence-corrected chi connectivity index (χ2v) is 6.55. The lowest BCUT2D eigenvalue weighted by molar-refractivity contribution is 0.572. The van der Waals surface area contributed by atoms with E-state index in [1.807, 2.05) is 36.4 Å². The minimum absolute atomic E-state index is 0.314. The Balaban J connectivity index is 1.32. The van der Waals surface area contributed by atoms with Crippen LogP contribution in [0.2, 0.25) is 0 Å². The van der Waals surface area contributed by atoms with Crippen molar-refractivity contribution in [3.63, 3.8) is 0 Å². The molecule has 8 heteroatoms. The second kappa shape index (κ2) is 9.04. The van der Waals surface area contributed by atoms with Gasteiger partial charge in [0.2, 0.25) is 5.89 Å². The van der Waals surface area contributed by atoms with Crippen molar-refractivity contribution >= 4 is 5.96 Å². The van der Waals surface area contributed by atoms with Gasteiger partial charge in [0.15, 0.2) is 5.96 Å². The average molecular weight is 404 g/mol. The van der Waals surface area contributed by atoms with Gasteiger partial charge in [-0.15, -0.1) is 0 Å². The summed E-state index contributed by atoms with van der Waals surface area (Å²) in [5.41, 5.74) is 2.94. The molecule has 0 unspecified atom stereocenters. The molecule has 0 saturated heterocycles. The van der Waals surface area contributed by atoms with Crippen LogP contribution in [0.5, 0.6) is 0 Å². The van der Waals surface area contributed by atoms with E-state index < -0.39 is 0 Å². The summed E-state index contributed by atoms with van der Waals surface area (Å²) in [6.07, 6.45) is 6.50. The molecule has 0 spiro atoms. The molecule has 7 nitrogen and oxygen atoms in total. The molecular formula is C22H21FN6O. The molecule has 0 atom stereocenters. The molecule has 30 heavy (non-hydrogen) atoms. The van der Waals surface area contributed by atoms with Crippen molar-refractivity contribution in [3.05, 3.63) is 90.6 Å². The zero-order chi connectivity index (χ0) is 20.8. The lowest BCUT2D eigenvalue weighted by Crippen LogP contribution is -2.36. The van der Waals surface area contributed by atoms with E-state index in [2.05, 4.69) is 25.6 Å². The van der Waals surface area contributed by atoms with E-state index in [9.17, 15) is 4.39 Å². The highest BCUT2D eigenvalue weighted by Crippen LogP contribution is 2.18. The fourth-order valence-electron chi connectivity index (χ4n) is 2.95. The van der Waals surface area contributed by atoms with Gasteiger partial charge < -0.3 is 19.6 Å². The molecule has 0 fully saturated rings. The number of guanidine groups is 1. The smallest absolute Gasteiger partial charge is 0.226 e. The van der Waals surface area contributed by atoms with E-state index in [0.29, 0.717) is 30.6 Å². The van der Waals surface area contributed by atoms with Crippen molar-refractivity contribution in [2.24, 2.45) is 4.99 Å². The van der Waals surface area contributed by atoms with Gasteiger partial charge in [-0.3, -0.25) is 4.99 Å². The number of rotatable bonds is 6. The maximum atomic E-state index is 14.4. The first kappa shape index (κ1) is 19.4. The van der Waals surface area contributed by atoms with E-state index in [1.54, 1.807) is 42.7 Å².